The first-order valence-corrected chi connectivity index (χ1v) is 7.21. The van der Waals surface area contributed by atoms with Gasteiger partial charge < -0.3 is 16.4 Å². The normalized spacial score (nSPS) is 10.1. The van der Waals surface area contributed by atoms with Gasteiger partial charge in [0.15, 0.2) is 0 Å². The van der Waals surface area contributed by atoms with Gasteiger partial charge >= 0.3 is 0 Å². The highest BCUT2D eigenvalue weighted by atomic mass is 35.5. The summed E-state index contributed by atoms with van der Waals surface area (Å²) >= 11 is 7.11. The molecule has 0 aliphatic heterocycles. The zero-order valence-electron chi connectivity index (χ0n) is 11.3. The van der Waals surface area contributed by atoms with Crippen LogP contribution >= 0.6 is 22.9 Å². The van der Waals surface area contributed by atoms with Crippen LogP contribution in [0.3, 0.4) is 0 Å². The molecule has 2 aromatic rings. The molecule has 0 radical (unpaired) electrons. The first-order valence-electron chi connectivity index (χ1n) is 6.01. The minimum absolute atomic E-state index is 0.142. The summed E-state index contributed by atoms with van der Waals surface area (Å²) in [6.07, 6.45) is 0. The molecule has 1 heterocycles. The summed E-state index contributed by atoms with van der Waals surface area (Å²) in [6.45, 7) is 0.520. The Morgan fingerprint density at radius 3 is 2.81 bits per heavy atom. The number of primary amides is 1. The van der Waals surface area contributed by atoms with E-state index in [0.717, 1.165) is 16.9 Å². The van der Waals surface area contributed by atoms with Crippen molar-refractivity contribution in [1.29, 1.82) is 5.26 Å². The van der Waals surface area contributed by atoms with Gasteiger partial charge in [-0.15, -0.1) is 11.3 Å². The van der Waals surface area contributed by atoms with E-state index in [1.54, 1.807) is 13.1 Å². The van der Waals surface area contributed by atoms with Gasteiger partial charge in [-0.2, -0.15) is 5.26 Å². The maximum Gasteiger partial charge on any atom is 0.253 e. The number of nitrogen functional groups attached to an aromatic ring is 1. The van der Waals surface area contributed by atoms with Crippen molar-refractivity contribution in [3.05, 3.63) is 45.3 Å². The molecule has 2 rings (SSSR count). The van der Waals surface area contributed by atoms with Crippen LogP contribution in [0.25, 0.3) is 0 Å². The summed E-state index contributed by atoms with van der Waals surface area (Å²) in [5.74, 6) is -0.641. The van der Waals surface area contributed by atoms with Gasteiger partial charge in [-0.05, 0) is 17.7 Å². The summed E-state index contributed by atoms with van der Waals surface area (Å²) in [5, 5.41) is 10.3. The van der Waals surface area contributed by atoms with Crippen LogP contribution < -0.4 is 16.4 Å². The highest BCUT2D eigenvalue weighted by Gasteiger charge is 2.22. The largest absolute Gasteiger partial charge is 0.396 e. The van der Waals surface area contributed by atoms with Gasteiger partial charge in [0.1, 0.15) is 15.9 Å². The molecule has 0 fully saturated rings. The molecule has 0 aliphatic rings. The first kappa shape index (κ1) is 15.2. The van der Waals surface area contributed by atoms with Crippen LogP contribution in [-0.4, -0.2) is 13.0 Å². The second kappa shape index (κ2) is 6.04. The molecule has 0 saturated heterocycles. The summed E-state index contributed by atoms with van der Waals surface area (Å²) in [5.41, 5.74) is 12.5. The zero-order chi connectivity index (χ0) is 15.6. The molecule has 0 unspecified atom stereocenters. The molecule has 0 aliphatic carbocycles. The summed E-state index contributed by atoms with van der Waals surface area (Å²) < 4.78 is 0. The molecule has 1 aromatic carbocycles. The van der Waals surface area contributed by atoms with Crippen LogP contribution in [0.1, 0.15) is 20.8 Å². The lowest BCUT2D eigenvalue weighted by molar-refractivity contribution is 0.100. The Balaban J connectivity index is 2.37. The van der Waals surface area contributed by atoms with Crippen molar-refractivity contribution in [2.45, 2.75) is 6.54 Å². The van der Waals surface area contributed by atoms with E-state index in [1.807, 2.05) is 29.2 Å². The Kier molecular flexibility index (Phi) is 4.36. The van der Waals surface area contributed by atoms with E-state index < -0.39 is 5.91 Å². The summed E-state index contributed by atoms with van der Waals surface area (Å²) in [7, 11) is 1.81. The number of amides is 1. The number of carbonyl (C=O) groups is 1. The number of hydrogen-bond donors (Lipinski definition) is 2. The maximum absolute atomic E-state index is 11.6. The lowest BCUT2D eigenvalue weighted by atomic mass is 10.2. The quantitative estimate of drug-likeness (QED) is 0.905. The second-order valence-electron chi connectivity index (χ2n) is 4.49. The van der Waals surface area contributed by atoms with E-state index in [2.05, 4.69) is 0 Å². The fourth-order valence-electron chi connectivity index (χ4n) is 2.00. The molecule has 21 heavy (non-hydrogen) atoms. The summed E-state index contributed by atoms with van der Waals surface area (Å²) in [6, 6.07) is 9.38. The molecule has 4 N–H and O–H groups in total. The zero-order valence-corrected chi connectivity index (χ0v) is 12.8. The van der Waals surface area contributed by atoms with Crippen LogP contribution in [0.5, 0.6) is 0 Å². The second-order valence-corrected chi connectivity index (χ2v) is 5.92. The Labute approximate surface area is 131 Å². The lowest BCUT2D eigenvalue weighted by Gasteiger charge is -2.18. The van der Waals surface area contributed by atoms with Crippen molar-refractivity contribution in [2.24, 2.45) is 5.73 Å². The smallest absolute Gasteiger partial charge is 0.253 e. The highest BCUT2D eigenvalue weighted by molar-refractivity contribution is 7.17. The third-order valence-corrected chi connectivity index (χ3v) is 4.39. The van der Waals surface area contributed by atoms with Gasteiger partial charge in [0.25, 0.3) is 5.91 Å². The van der Waals surface area contributed by atoms with Gasteiger partial charge in [-0.1, -0.05) is 23.7 Å². The molecule has 7 heteroatoms. The van der Waals surface area contributed by atoms with E-state index in [4.69, 9.17) is 28.3 Å². The minimum Gasteiger partial charge on any atom is -0.396 e. The number of rotatable bonds is 4. The van der Waals surface area contributed by atoms with Crippen LogP contribution in [0.4, 0.5) is 10.7 Å². The average Bonchev–Trinajstić information content (AvgIpc) is 2.75. The summed E-state index contributed by atoms with van der Waals surface area (Å²) in [4.78, 5) is 13.7. The molecular formula is C14H13ClN4OS. The van der Waals surface area contributed by atoms with E-state index in [0.29, 0.717) is 16.6 Å². The number of hydrogen-bond acceptors (Lipinski definition) is 5. The number of nitrogens with zero attached hydrogens (tertiary/aromatic N) is 2. The number of halogens is 1. The number of benzene rings is 1. The average molecular weight is 321 g/mol. The third kappa shape index (κ3) is 3.10. The Morgan fingerprint density at radius 1 is 1.52 bits per heavy atom. The Morgan fingerprint density at radius 2 is 2.24 bits per heavy atom. The molecule has 108 valence electrons. The number of anilines is 2. The van der Waals surface area contributed by atoms with Crippen LogP contribution in [0.2, 0.25) is 5.02 Å². The van der Waals surface area contributed by atoms with Gasteiger partial charge in [-0.3, -0.25) is 4.79 Å². The van der Waals surface area contributed by atoms with Crippen molar-refractivity contribution < 1.29 is 4.79 Å². The minimum atomic E-state index is -0.641. The Hall–Kier alpha value is -2.23. The molecule has 0 spiro atoms. The van der Waals surface area contributed by atoms with Gasteiger partial charge in [0.2, 0.25) is 0 Å². The molecule has 1 aromatic heterocycles. The van der Waals surface area contributed by atoms with Gasteiger partial charge in [0.05, 0.1) is 11.3 Å². The van der Waals surface area contributed by atoms with Crippen LogP contribution in [0.15, 0.2) is 24.3 Å². The molecule has 0 atom stereocenters. The highest BCUT2D eigenvalue weighted by Crippen LogP contribution is 2.37. The van der Waals surface area contributed by atoms with E-state index in [1.165, 1.54) is 0 Å². The van der Waals surface area contributed by atoms with Crippen molar-refractivity contribution in [3.63, 3.8) is 0 Å². The molecule has 0 saturated carbocycles. The molecule has 1 amide bonds. The van der Waals surface area contributed by atoms with Crippen molar-refractivity contribution in [2.75, 3.05) is 17.7 Å². The topological polar surface area (TPSA) is 96.1 Å². The monoisotopic (exact) mass is 320 g/mol. The third-order valence-electron chi connectivity index (χ3n) is 2.93. The van der Waals surface area contributed by atoms with E-state index in [9.17, 15) is 4.79 Å². The molecule has 5 nitrogen and oxygen atoms in total. The number of nitriles is 1. The number of thiophene rings is 1. The van der Waals surface area contributed by atoms with Crippen molar-refractivity contribution in [1.82, 2.24) is 0 Å². The lowest BCUT2D eigenvalue weighted by Crippen LogP contribution is -2.21. The standard InChI is InChI=1S/C14H13ClN4OS/c1-19(7-8-3-2-4-9(15)5-8)14-11(13(18)20)12(17)10(6-16)21-14/h2-5H,7,17H2,1H3,(H2,18,20). The van der Waals surface area contributed by atoms with Gasteiger partial charge in [0, 0.05) is 18.6 Å². The predicted octanol–water partition coefficient (Wildman–Crippen LogP) is 2.59. The predicted molar refractivity (Wildman–Crippen MR) is 85.5 cm³/mol. The SMILES string of the molecule is CN(Cc1cccc(Cl)c1)c1sc(C#N)c(N)c1C(N)=O. The van der Waals surface area contributed by atoms with Gasteiger partial charge in [-0.25, -0.2) is 0 Å². The van der Waals surface area contributed by atoms with Crippen molar-refractivity contribution >= 4 is 39.5 Å². The first-order chi connectivity index (χ1) is 9.93. The van der Waals surface area contributed by atoms with Crippen LogP contribution in [-0.2, 0) is 6.54 Å². The van der Waals surface area contributed by atoms with E-state index in [-0.39, 0.29) is 16.1 Å². The van der Waals surface area contributed by atoms with E-state index >= 15 is 0 Å². The number of carbonyl (C=O) groups excluding carboxylic acids is 1. The number of nitrogens with two attached hydrogens (primary N) is 2. The van der Waals surface area contributed by atoms with Crippen LogP contribution in [0, 0.1) is 11.3 Å². The maximum atomic E-state index is 11.6. The molecule has 0 bridgehead atoms. The van der Waals surface area contributed by atoms with Crippen molar-refractivity contribution in [3.8, 4) is 6.07 Å². The fraction of sp³-hybridized carbons (Fsp3) is 0.143. The molecular weight excluding hydrogens is 308 g/mol. The Bertz CT molecular complexity index is 735. The fourth-order valence-corrected chi connectivity index (χ4v) is 3.20.